The minimum absolute atomic E-state index is 0.100. The van der Waals surface area contributed by atoms with Crippen LogP contribution in [0.1, 0.15) is 71.6 Å². The van der Waals surface area contributed by atoms with Crippen LogP contribution in [0, 0.1) is 0 Å². The Kier molecular flexibility index (Phi) is 8.58. The van der Waals surface area contributed by atoms with Crippen molar-refractivity contribution in [2.24, 2.45) is 4.99 Å². The third kappa shape index (κ3) is 6.16. The third-order valence-corrected chi connectivity index (χ3v) is 4.46. The van der Waals surface area contributed by atoms with Gasteiger partial charge in [0.1, 0.15) is 13.1 Å². The molecule has 0 saturated heterocycles. The van der Waals surface area contributed by atoms with Crippen LogP contribution in [0.3, 0.4) is 0 Å². The zero-order valence-electron chi connectivity index (χ0n) is 13.9. The van der Waals surface area contributed by atoms with E-state index in [2.05, 4.69) is 18.8 Å². The van der Waals surface area contributed by atoms with Gasteiger partial charge >= 0.3 is 0 Å². The molecule has 1 heterocycles. The second-order valence-electron chi connectivity index (χ2n) is 6.29. The average Bonchev–Trinajstić information content (AvgIpc) is 2.80. The highest BCUT2D eigenvalue weighted by Crippen LogP contribution is 2.20. The van der Waals surface area contributed by atoms with Crippen molar-refractivity contribution in [2.45, 2.75) is 71.6 Å². The minimum atomic E-state index is -0.947. The number of carbonyl (C=O) groups is 1. The van der Waals surface area contributed by atoms with E-state index in [1.54, 1.807) is 0 Å². The first-order chi connectivity index (χ1) is 10.1. The van der Waals surface area contributed by atoms with E-state index in [9.17, 15) is 9.90 Å². The number of carbonyl (C=O) groups excluding carboxylic acids is 1. The molecule has 0 aromatic rings. The van der Waals surface area contributed by atoms with E-state index in [1.165, 1.54) is 38.5 Å². The van der Waals surface area contributed by atoms with Crippen LogP contribution >= 0.6 is 0 Å². The zero-order valence-corrected chi connectivity index (χ0v) is 13.9. The molecule has 0 aliphatic carbocycles. The Labute approximate surface area is 129 Å². The molecule has 1 rings (SSSR count). The van der Waals surface area contributed by atoms with Crippen molar-refractivity contribution in [1.29, 1.82) is 0 Å². The minimum Gasteiger partial charge on any atom is -0.544 e. The van der Waals surface area contributed by atoms with Gasteiger partial charge in [0.05, 0.1) is 19.1 Å². The van der Waals surface area contributed by atoms with Gasteiger partial charge in [0.25, 0.3) is 0 Å². The van der Waals surface area contributed by atoms with Crippen LogP contribution in [-0.2, 0) is 4.79 Å². The number of amidine groups is 1. The first-order valence-corrected chi connectivity index (χ1v) is 8.74. The van der Waals surface area contributed by atoms with Crippen LogP contribution in [0.25, 0.3) is 0 Å². The van der Waals surface area contributed by atoms with E-state index >= 15 is 0 Å². The van der Waals surface area contributed by atoms with E-state index in [0.717, 1.165) is 44.7 Å². The second-order valence-corrected chi connectivity index (χ2v) is 6.29. The number of nitrogens with zero attached hydrogens (tertiary/aromatic N) is 2. The van der Waals surface area contributed by atoms with Crippen molar-refractivity contribution < 1.29 is 14.4 Å². The summed E-state index contributed by atoms with van der Waals surface area (Å²) in [6.45, 7) is 6.94. The molecule has 1 aliphatic heterocycles. The summed E-state index contributed by atoms with van der Waals surface area (Å²) in [5.74, 6) is 0.159. The van der Waals surface area contributed by atoms with Gasteiger partial charge in [-0.1, -0.05) is 52.4 Å². The van der Waals surface area contributed by atoms with Crippen molar-refractivity contribution in [3.05, 3.63) is 0 Å². The lowest BCUT2D eigenvalue weighted by molar-refractivity contribution is -0.831. The van der Waals surface area contributed by atoms with Gasteiger partial charge in [0.15, 0.2) is 5.84 Å². The highest BCUT2D eigenvalue weighted by molar-refractivity contribution is 5.79. The van der Waals surface area contributed by atoms with Gasteiger partial charge in [-0.3, -0.25) is 4.48 Å². The molecule has 0 bridgehead atoms. The molecule has 4 heteroatoms. The summed E-state index contributed by atoms with van der Waals surface area (Å²) in [6, 6.07) is 0. The summed E-state index contributed by atoms with van der Waals surface area (Å²) < 4.78 is 0.550. The number of aliphatic imine (C=N–C) groups is 1. The van der Waals surface area contributed by atoms with Crippen LogP contribution in [0.5, 0.6) is 0 Å². The molecule has 1 aliphatic rings. The molecule has 0 spiro atoms. The van der Waals surface area contributed by atoms with Crippen LogP contribution < -0.4 is 5.11 Å². The zero-order chi connectivity index (χ0) is 15.6. The van der Waals surface area contributed by atoms with Crippen molar-refractivity contribution >= 4 is 11.8 Å². The summed E-state index contributed by atoms with van der Waals surface area (Å²) in [5, 5.41) is 11.1. The lowest BCUT2D eigenvalue weighted by Crippen LogP contribution is -2.56. The van der Waals surface area contributed by atoms with Gasteiger partial charge in [-0.2, -0.15) is 0 Å². The van der Waals surface area contributed by atoms with Crippen LogP contribution in [-0.4, -0.2) is 42.5 Å². The molecule has 21 heavy (non-hydrogen) atoms. The van der Waals surface area contributed by atoms with E-state index in [4.69, 9.17) is 0 Å². The Morgan fingerprint density at radius 1 is 1.10 bits per heavy atom. The van der Waals surface area contributed by atoms with Gasteiger partial charge in [-0.05, 0) is 12.8 Å². The number of carboxylic acid groups (broad SMARTS) is 1. The van der Waals surface area contributed by atoms with Crippen LogP contribution in [0.2, 0.25) is 0 Å². The third-order valence-electron chi connectivity index (χ3n) is 4.46. The number of quaternary nitrogens is 1. The molecule has 0 aromatic heterocycles. The number of hydrogen-bond donors (Lipinski definition) is 0. The molecule has 0 amide bonds. The molecule has 122 valence electrons. The number of unbranched alkanes of at least 4 members (excludes halogenated alkanes) is 6. The Bertz CT molecular complexity index is 342. The highest BCUT2D eigenvalue weighted by Gasteiger charge is 2.36. The van der Waals surface area contributed by atoms with Gasteiger partial charge < -0.3 is 9.90 Å². The van der Waals surface area contributed by atoms with Crippen molar-refractivity contribution in [3.63, 3.8) is 0 Å². The quantitative estimate of drug-likeness (QED) is 0.410. The first kappa shape index (κ1) is 18.1. The Morgan fingerprint density at radius 2 is 1.76 bits per heavy atom. The van der Waals surface area contributed by atoms with Gasteiger partial charge in [-0.15, -0.1) is 0 Å². The molecular formula is C17H32N2O2. The topological polar surface area (TPSA) is 52.5 Å². The lowest BCUT2D eigenvalue weighted by Gasteiger charge is -2.35. The second kappa shape index (κ2) is 9.93. The van der Waals surface area contributed by atoms with Crippen molar-refractivity contribution in [3.8, 4) is 0 Å². The maximum absolute atomic E-state index is 11.1. The van der Waals surface area contributed by atoms with Crippen molar-refractivity contribution in [2.75, 3.05) is 26.2 Å². The molecule has 0 saturated carbocycles. The van der Waals surface area contributed by atoms with E-state index in [-0.39, 0.29) is 6.54 Å². The number of rotatable bonds is 12. The average molecular weight is 296 g/mol. The van der Waals surface area contributed by atoms with Gasteiger partial charge in [0, 0.05) is 6.42 Å². The smallest absolute Gasteiger partial charge is 0.198 e. The normalized spacial score (nSPS) is 21.5. The molecule has 0 radical (unpaired) electrons. The van der Waals surface area contributed by atoms with Gasteiger partial charge in [0.2, 0.25) is 0 Å². The van der Waals surface area contributed by atoms with Crippen molar-refractivity contribution in [1.82, 2.24) is 0 Å². The molecule has 0 fully saturated rings. The maximum atomic E-state index is 11.1. The summed E-state index contributed by atoms with van der Waals surface area (Å²) in [4.78, 5) is 15.7. The predicted molar refractivity (Wildman–Crippen MR) is 85.1 cm³/mol. The molecule has 0 N–H and O–H groups in total. The standard InChI is InChI=1S/C17H32N2O2/c1-3-5-6-7-8-9-10-11-16-18-12-14-19(16,13-4-2)15-17(20)21/h3-15H2,1-2H3. The molecule has 1 atom stereocenters. The molecule has 0 aromatic carbocycles. The fraction of sp³-hybridized carbons (Fsp3) is 0.882. The van der Waals surface area contributed by atoms with Gasteiger partial charge in [-0.25, -0.2) is 4.99 Å². The first-order valence-electron chi connectivity index (χ1n) is 8.74. The number of carboxylic acids is 1. The summed E-state index contributed by atoms with van der Waals surface area (Å²) in [7, 11) is 0. The largest absolute Gasteiger partial charge is 0.544 e. The fourth-order valence-electron chi connectivity index (χ4n) is 3.37. The number of hydrogen-bond acceptors (Lipinski definition) is 3. The highest BCUT2D eigenvalue weighted by atomic mass is 16.4. The summed E-state index contributed by atoms with van der Waals surface area (Å²) >= 11 is 0. The Hall–Kier alpha value is -0.900. The molecule has 4 nitrogen and oxygen atoms in total. The van der Waals surface area contributed by atoms with Crippen LogP contribution in [0.4, 0.5) is 0 Å². The van der Waals surface area contributed by atoms with E-state index in [0.29, 0.717) is 4.48 Å². The monoisotopic (exact) mass is 296 g/mol. The van der Waals surface area contributed by atoms with Crippen LogP contribution in [0.15, 0.2) is 4.99 Å². The fourth-order valence-corrected chi connectivity index (χ4v) is 3.37. The SMILES string of the molecule is CCCCCCCCCC1=NCC[N+]1(CCC)CC(=O)[O-]. The maximum Gasteiger partial charge on any atom is 0.198 e. The molecule has 1 unspecified atom stereocenters. The van der Waals surface area contributed by atoms with E-state index in [1.807, 2.05) is 0 Å². The van der Waals surface area contributed by atoms with E-state index < -0.39 is 5.97 Å². The Morgan fingerprint density at radius 3 is 2.38 bits per heavy atom. The molecular weight excluding hydrogens is 264 g/mol. The Balaban J connectivity index is 2.35. The predicted octanol–water partition coefficient (Wildman–Crippen LogP) is 2.52. The summed E-state index contributed by atoms with van der Waals surface area (Å²) in [5.41, 5.74) is 0. The number of aliphatic carboxylic acids is 1. The summed E-state index contributed by atoms with van der Waals surface area (Å²) in [6.07, 6.45) is 10.9. The lowest BCUT2D eigenvalue weighted by atomic mass is 10.1.